The van der Waals surface area contributed by atoms with Crippen LogP contribution in [-0.4, -0.2) is 18.7 Å². The molecule has 2 nitrogen and oxygen atoms in total. The zero-order valence-corrected chi connectivity index (χ0v) is 3.77. The van der Waals surface area contributed by atoms with Gasteiger partial charge in [0.2, 0.25) is 0 Å². The fraction of sp³-hybridized carbons (Fsp3) is 1.00. The van der Waals surface area contributed by atoms with Gasteiger partial charge in [-0.05, 0) is 6.92 Å². The molecule has 2 unspecified atom stereocenters. The van der Waals surface area contributed by atoms with Gasteiger partial charge < -0.3 is 5.32 Å². The summed E-state index contributed by atoms with van der Waals surface area (Å²) in [6.07, 6.45) is -0.398. The number of hydrogen-bond donors (Lipinski definition) is 1. The van der Waals surface area contributed by atoms with E-state index < -0.39 is 6.10 Å². The highest BCUT2D eigenvalue weighted by atomic mass is 16.3. The molecule has 0 aromatic carbocycles. The molecule has 1 heterocycles. The first-order chi connectivity index (χ1) is 2.80. The first-order valence-corrected chi connectivity index (χ1v) is 2.20. The molecule has 0 saturated carbocycles. The maximum Gasteiger partial charge on any atom is 0.107 e. The van der Waals surface area contributed by atoms with E-state index in [2.05, 4.69) is 5.32 Å². The number of nitrogens with one attached hydrogen (secondary N) is 1. The van der Waals surface area contributed by atoms with Crippen molar-refractivity contribution in [3.05, 3.63) is 0 Å². The molecule has 1 rings (SSSR count). The highest BCUT2D eigenvalue weighted by Crippen LogP contribution is 2.01. The van der Waals surface area contributed by atoms with Gasteiger partial charge in [0.05, 0.1) is 0 Å². The Balaban J connectivity index is 2.13. The van der Waals surface area contributed by atoms with Crippen molar-refractivity contribution in [3.63, 3.8) is 0 Å². The van der Waals surface area contributed by atoms with E-state index in [4.69, 9.17) is 0 Å². The Bertz CT molecular complexity index is 49.5. The van der Waals surface area contributed by atoms with E-state index in [1.54, 1.807) is 6.92 Å². The molecule has 1 radical (unpaired) electrons. The van der Waals surface area contributed by atoms with E-state index in [0.29, 0.717) is 6.04 Å². The molecule has 6 heavy (non-hydrogen) atoms. The quantitative estimate of drug-likeness (QED) is 0.440. The summed E-state index contributed by atoms with van der Waals surface area (Å²) < 4.78 is 0. The molecule has 0 amide bonds. The van der Waals surface area contributed by atoms with Crippen molar-refractivity contribution in [2.75, 3.05) is 6.54 Å². The van der Waals surface area contributed by atoms with Gasteiger partial charge in [0, 0.05) is 12.6 Å². The van der Waals surface area contributed by atoms with Crippen LogP contribution < -0.4 is 5.32 Å². The summed E-state index contributed by atoms with van der Waals surface area (Å²) >= 11 is 0. The van der Waals surface area contributed by atoms with Crippen LogP contribution in [0.2, 0.25) is 0 Å². The van der Waals surface area contributed by atoms with Gasteiger partial charge in [0.25, 0.3) is 0 Å². The van der Waals surface area contributed by atoms with Gasteiger partial charge in [-0.1, -0.05) is 0 Å². The van der Waals surface area contributed by atoms with Crippen molar-refractivity contribution in [2.45, 2.75) is 19.1 Å². The molecule has 0 bridgehead atoms. The van der Waals surface area contributed by atoms with Crippen LogP contribution in [0.3, 0.4) is 0 Å². The Morgan fingerprint density at radius 3 is 2.50 bits per heavy atom. The van der Waals surface area contributed by atoms with E-state index in [1.165, 1.54) is 0 Å². The summed E-state index contributed by atoms with van der Waals surface area (Å²) in [4.78, 5) is 0. The Kier molecular flexibility index (Phi) is 0.821. The Hall–Kier alpha value is -0.0800. The van der Waals surface area contributed by atoms with Gasteiger partial charge >= 0.3 is 0 Å². The number of rotatable bonds is 1. The standard InChI is InChI=1S/C4H8NO/c1-3(6)4-2-5-4/h3-5H,2H2,1H3. The first-order valence-electron chi connectivity index (χ1n) is 2.20. The normalized spacial score (nSPS) is 36.0. The second kappa shape index (κ2) is 1.21. The lowest BCUT2D eigenvalue weighted by atomic mass is 10.3. The highest BCUT2D eigenvalue weighted by molar-refractivity contribution is 4.87. The molecule has 1 fully saturated rings. The van der Waals surface area contributed by atoms with Gasteiger partial charge in [-0.25, -0.2) is 5.11 Å². The minimum atomic E-state index is -0.398. The predicted octanol–water partition coefficient (Wildman–Crippen LogP) is -0.223. The second-order valence-corrected chi connectivity index (χ2v) is 1.72. The summed E-state index contributed by atoms with van der Waals surface area (Å²) in [7, 11) is 0. The zero-order chi connectivity index (χ0) is 4.57. The predicted molar refractivity (Wildman–Crippen MR) is 21.9 cm³/mol. The molecule has 1 N–H and O–H groups in total. The van der Waals surface area contributed by atoms with Gasteiger partial charge in [0.15, 0.2) is 0 Å². The van der Waals surface area contributed by atoms with Crippen LogP contribution in [0.5, 0.6) is 0 Å². The van der Waals surface area contributed by atoms with Gasteiger partial charge in [-0.2, -0.15) is 0 Å². The van der Waals surface area contributed by atoms with Crippen molar-refractivity contribution in [2.24, 2.45) is 0 Å². The third-order valence-electron chi connectivity index (χ3n) is 1.01. The van der Waals surface area contributed by atoms with Crippen LogP contribution in [0.25, 0.3) is 0 Å². The summed E-state index contributed by atoms with van der Waals surface area (Å²) in [5.74, 6) is 0. The van der Waals surface area contributed by atoms with Gasteiger partial charge in [0.1, 0.15) is 6.10 Å². The molecule has 1 aliphatic heterocycles. The smallest absolute Gasteiger partial charge is 0.107 e. The first kappa shape index (κ1) is 4.09. The van der Waals surface area contributed by atoms with E-state index in [1.807, 2.05) is 0 Å². The summed E-state index contributed by atoms with van der Waals surface area (Å²) in [6.45, 7) is 2.62. The van der Waals surface area contributed by atoms with Crippen LogP contribution in [0.1, 0.15) is 6.92 Å². The molecule has 0 aromatic rings. The molecule has 2 heteroatoms. The second-order valence-electron chi connectivity index (χ2n) is 1.72. The van der Waals surface area contributed by atoms with E-state index >= 15 is 0 Å². The minimum absolute atomic E-state index is 0.296. The van der Waals surface area contributed by atoms with E-state index in [0.717, 1.165) is 6.54 Å². The average molecular weight is 86.1 g/mol. The Labute approximate surface area is 37.2 Å². The van der Waals surface area contributed by atoms with E-state index in [-0.39, 0.29) is 0 Å². The maximum atomic E-state index is 10.2. The van der Waals surface area contributed by atoms with Crippen molar-refractivity contribution in [1.29, 1.82) is 0 Å². The lowest BCUT2D eigenvalue weighted by Gasteiger charge is -1.88. The van der Waals surface area contributed by atoms with Gasteiger partial charge in [-0.15, -0.1) is 0 Å². The molecular weight excluding hydrogens is 78.0 g/mol. The zero-order valence-electron chi connectivity index (χ0n) is 3.77. The van der Waals surface area contributed by atoms with Crippen molar-refractivity contribution in [1.82, 2.24) is 5.32 Å². The summed E-state index contributed by atoms with van der Waals surface area (Å²) in [5, 5.41) is 13.1. The molecule has 35 valence electrons. The van der Waals surface area contributed by atoms with Crippen LogP contribution >= 0.6 is 0 Å². The molecule has 1 aliphatic rings. The average Bonchev–Trinajstić information content (AvgIpc) is 2.06. The Morgan fingerprint density at radius 2 is 2.50 bits per heavy atom. The summed E-state index contributed by atoms with van der Waals surface area (Å²) in [6, 6.07) is 0.296. The topological polar surface area (TPSA) is 41.8 Å². The van der Waals surface area contributed by atoms with Crippen molar-refractivity contribution >= 4 is 0 Å². The fourth-order valence-electron chi connectivity index (χ4n) is 0.400. The van der Waals surface area contributed by atoms with E-state index in [9.17, 15) is 5.11 Å². The fourth-order valence-corrected chi connectivity index (χ4v) is 0.400. The lowest BCUT2D eigenvalue weighted by Crippen LogP contribution is -2.08. The minimum Gasteiger partial charge on any atom is -0.309 e. The monoisotopic (exact) mass is 86.1 g/mol. The SMILES string of the molecule is CC([O])C1CN1. The highest BCUT2D eigenvalue weighted by Gasteiger charge is 2.25. The van der Waals surface area contributed by atoms with Crippen LogP contribution in [0.15, 0.2) is 0 Å². The molecule has 0 spiro atoms. The maximum absolute atomic E-state index is 10.2. The molecule has 1 saturated heterocycles. The Morgan fingerprint density at radius 1 is 2.00 bits per heavy atom. The van der Waals surface area contributed by atoms with Crippen LogP contribution in [0, 0.1) is 0 Å². The largest absolute Gasteiger partial charge is 0.309 e. The van der Waals surface area contributed by atoms with Crippen molar-refractivity contribution in [3.8, 4) is 0 Å². The molecule has 2 atom stereocenters. The van der Waals surface area contributed by atoms with Crippen LogP contribution in [-0.2, 0) is 5.11 Å². The van der Waals surface area contributed by atoms with Gasteiger partial charge in [-0.3, -0.25) is 0 Å². The number of hydrogen-bond acceptors (Lipinski definition) is 1. The summed E-state index contributed by atoms with van der Waals surface area (Å²) in [5.41, 5.74) is 0. The molecular formula is C4H8NO. The van der Waals surface area contributed by atoms with Crippen molar-refractivity contribution < 1.29 is 5.11 Å². The lowest BCUT2D eigenvalue weighted by molar-refractivity contribution is 0.104. The molecule has 0 aromatic heterocycles. The molecule has 0 aliphatic carbocycles. The van der Waals surface area contributed by atoms with Crippen LogP contribution in [0.4, 0.5) is 0 Å². The third-order valence-corrected chi connectivity index (χ3v) is 1.01. The third kappa shape index (κ3) is 0.698.